The van der Waals surface area contributed by atoms with E-state index in [0.717, 1.165) is 38.3 Å². The molecule has 8 rings (SSSR count). The minimum absolute atomic E-state index is 0.386. The van der Waals surface area contributed by atoms with E-state index in [2.05, 4.69) is 89.1 Å². The molecule has 0 aliphatic rings. The van der Waals surface area contributed by atoms with E-state index in [0.29, 0.717) is 34.3 Å². The summed E-state index contributed by atoms with van der Waals surface area (Å²) in [5, 5.41) is 4.03. The first-order chi connectivity index (χ1) is 22.9. The number of para-hydroxylation sites is 1. The van der Waals surface area contributed by atoms with Crippen molar-refractivity contribution < 1.29 is 4.42 Å². The van der Waals surface area contributed by atoms with Gasteiger partial charge >= 0.3 is 5.63 Å². The van der Waals surface area contributed by atoms with Crippen LogP contribution in [0.1, 0.15) is 34.7 Å². The number of benzene rings is 5. The quantitative estimate of drug-likeness (QED) is 0.161. The van der Waals surface area contributed by atoms with Gasteiger partial charge in [-0.25, -0.2) is 4.79 Å². The second-order valence-electron chi connectivity index (χ2n) is 12.2. The molecule has 6 heteroatoms. The van der Waals surface area contributed by atoms with Gasteiger partial charge in [-0.2, -0.15) is 0 Å². The smallest absolute Gasteiger partial charge is 0.340 e. The van der Waals surface area contributed by atoms with E-state index < -0.39 is 5.41 Å². The van der Waals surface area contributed by atoms with Crippen molar-refractivity contribution >= 4 is 56.0 Å². The minimum Gasteiger partial charge on any atom is -0.422 e. The van der Waals surface area contributed by atoms with Gasteiger partial charge in [-0.05, 0) is 77.7 Å². The Morgan fingerprint density at radius 1 is 0.596 bits per heavy atom. The minimum atomic E-state index is -0.972. The van der Waals surface area contributed by atoms with Gasteiger partial charge in [-0.1, -0.05) is 102 Å². The molecule has 0 saturated carbocycles. The molecule has 0 saturated heterocycles. The van der Waals surface area contributed by atoms with Crippen molar-refractivity contribution in [1.29, 1.82) is 0 Å². The zero-order chi connectivity index (χ0) is 32.1. The Morgan fingerprint density at radius 2 is 1.09 bits per heavy atom. The predicted octanol–water partition coefficient (Wildman–Crippen LogP) is 10.5. The van der Waals surface area contributed by atoms with Gasteiger partial charge in [0.15, 0.2) is 0 Å². The Labute approximate surface area is 282 Å². The van der Waals surface area contributed by atoms with Gasteiger partial charge in [0.05, 0.1) is 11.0 Å². The van der Waals surface area contributed by atoms with Gasteiger partial charge in [-0.15, -0.1) is 0 Å². The van der Waals surface area contributed by atoms with Crippen LogP contribution in [0, 0.1) is 0 Å². The van der Waals surface area contributed by atoms with Crippen molar-refractivity contribution in [1.82, 2.24) is 9.13 Å². The number of hydrogen-bond donors (Lipinski definition) is 0. The first kappa shape index (κ1) is 29.4. The van der Waals surface area contributed by atoms with Crippen LogP contribution in [-0.4, -0.2) is 9.13 Å². The van der Waals surface area contributed by atoms with E-state index in [1.165, 1.54) is 11.1 Å². The molecule has 8 aromatic rings. The first-order valence-electron chi connectivity index (χ1n) is 15.6. The summed E-state index contributed by atoms with van der Waals surface area (Å²) in [6.07, 6.45) is 4.35. The molecule has 3 heterocycles. The topological polar surface area (TPSA) is 40.1 Å². The van der Waals surface area contributed by atoms with Gasteiger partial charge in [0, 0.05) is 62.7 Å². The van der Waals surface area contributed by atoms with Crippen molar-refractivity contribution in [2.24, 2.45) is 0 Å². The summed E-state index contributed by atoms with van der Waals surface area (Å²) in [4.78, 5) is 14.2. The summed E-state index contributed by atoms with van der Waals surface area (Å²) in [6, 6.07) is 42.3. The van der Waals surface area contributed by atoms with Crippen LogP contribution in [0.25, 0.3) is 32.8 Å². The fraction of sp³-hybridized carbons (Fsp3) is 0.0976. The van der Waals surface area contributed by atoms with Crippen LogP contribution in [0.15, 0.2) is 149 Å². The van der Waals surface area contributed by atoms with Crippen LogP contribution < -0.4 is 5.63 Å². The molecule has 47 heavy (non-hydrogen) atoms. The second-order valence-corrected chi connectivity index (χ2v) is 13.1. The third-order valence-electron chi connectivity index (χ3n) is 9.34. The van der Waals surface area contributed by atoms with E-state index in [-0.39, 0.29) is 5.63 Å². The highest BCUT2D eigenvalue weighted by molar-refractivity contribution is 6.31. The predicted molar refractivity (Wildman–Crippen MR) is 193 cm³/mol. The first-order valence-corrected chi connectivity index (χ1v) is 16.3. The molecular formula is C41H30Cl2N2O2. The molecule has 0 fully saturated rings. The molecule has 5 aromatic carbocycles. The largest absolute Gasteiger partial charge is 0.422 e. The molecular weight excluding hydrogens is 623 g/mol. The van der Waals surface area contributed by atoms with Gasteiger partial charge < -0.3 is 13.6 Å². The summed E-state index contributed by atoms with van der Waals surface area (Å²) in [6.45, 7) is 3.44. The standard InChI is InChI=1S/C41H30Cl2N2O2/c1-41(34-20-29-14-8-9-15-39(29)47-40(34)46,35-25-44(23-27-10-4-2-5-11-27)37-18-16-30(42)21-32(35)37)36-26-45(24-28-12-6-3-7-13-28)38-19-17-31(43)22-33(36)38/h2-22,25-26H,23-24H2,1H3. The highest BCUT2D eigenvalue weighted by Crippen LogP contribution is 2.46. The lowest BCUT2D eigenvalue weighted by atomic mass is 9.71. The zero-order valence-corrected chi connectivity index (χ0v) is 27.2. The maximum absolute atomic E-state index is 14.2. The summed E-state index contributed by atoms with van der Waals surface area (Å²) < 4.78 is 10.5. The Bertz CT molecular complexity index is 2350. The lowest BCUT2D eigenvalue weighted by Crippen LogP contribution is -2.31. The number of halogens is 2. The number of fused-ring (bicyclic) bond motifs is 3. The molecule has 3 aromatic heterocycles. The molecule has 4 nitrogen and oxygen atoms in total. The highest BCUT2D eigenvalue weighted by Gasteiger charge is 2.40. The maximum atomic E-state index is 14.2. The molecule has 0 unspecified atom stereocenters. The van der Waals surface area contributed by atoms with Gasteiger partial charge in [-0.3, -0.25) is 0 Å². The summed E-state index contributed by atoms with van der Waals surface area (Å²) in [5.74, 6) is 0. The van der Waals surface area contributed by atoms with Gasteiger partial charge in [0.25, 0.3) is 0 Å². The molecule has 0 atom stereocenters. The third-order valence-corrected chi connectivity index (χ3v) is 9.81. The summed E-state index contributed by atoms with van der Waals surface area (Å²) in [5.41, 5.74) is 6.02. The fourth-order valence-corrected chi connectivity index (χ4v) is 7.35. The van der Waals surface area contributed by atoms with Crippen molar-refractivity contribution in [3.63, 3.8) is 0 Å². The normalized spacial score (nSPS) is 12.0. The van der Waals surface area contributed by atoms with E-state index in [4.69, 9.17) is 27.6 Å². The molecule has 0 amide bonds. The second kappa shape index (κ2) is 11.6. The monoisotopic (exact) mass is 652 g/mol. The average Bonchev–Trinajstić information content (AvgIpc) is 3.62. The highest BCUT2D eigenvalue weighted by atomic mass is 35.5. The van der Waals surface area contributed by atoms with Crippen molar-refractivity contribution in [2.45, 2.75) is 25.4 Å². The van der Waals surface area contributed by atoms with Crippen LogP contribution >= 0.6 is 23.2 Å². The zero-order valence-electron chi connectivity index (χ0n) is 25.7. The molecule has 230 valence electrons. The third kappa shape index (κ3) is 5.14. The molecule has 0 N–H and O–H groups in total. The van der Waals surface area contributed by atoms with E-state index >= 15 is 0 Å². The molecule has 0 aliphatic carbocycles. The molecule has 0 bridgehead atoms. The number of hydrogen-bond acceptors (Lipinski definition) is 2. The van der Waals surface area contributed by atoms with Crippen molar-refractivity contribution in [2.75, 3.05) is 0 Å². The molecule has 0 radical (unpaired) electrons. The average molecular weight is 654 g/mol. The lowest BCUT2D eigenvalue weighted by Gasteiger charge is -2.29. The van der Waals surface area contributed by atoms with E-state index in [1.54, 1.807) is 0 Å². The Kier molecular flexibility index (Phi) is 7.28. The van der Waals surface area contributed by atoms with Crippen LogP contribution in [-0.2, 0) is 18.5 Å². The van der Waals surface area contributed by atoms with Crippen LogP contribution in [0.4, 0.5) is 0 Å². The number of aromatic nitrogens is 2. The van der Waals surface area contributed by atoms with Crippen LogP contribution in [0.2, 0.25) is 10.0 Å². The summed E-state index contributed by atoms with van der Waals surface area (Å²) >= 11 is 13.4. The van der Waals surface area contributed by atoms with Crippen LogP contribution in [0.5, 0.6) is 0 Å². The Hall–Kier alpha value is -5.03. The molecule has 0 aliphatic heterocycles. The van der Waals surface area contributed by atoms with Gasteiger partial charge in [0.1, 0.15) is 5.58 Å². The fourth-order valence-electron chi connectivity index (χ4n) is 7.00. The SMILES string of the molecule is CC(c1cc2ccccc2oc1=O)(c1cn(Cc2ccccc2)c2ccc(Cl)cc12)c1cn(Cc2ccccc2)c2ccc(Cl)cc12. The Morgan fingerprint density at radius 3 is 1.62 bits per heavy atom. The summed E-state index contributed by atoms with van der Waals surface area (Å²) in [7, 11) is 0. The van der Waals surface area contributed by atoms with Crippen molar-refractivity contribution in [3.05, 3.63) is 188 Å². The lowest BCUT2D eigenvalue weighted by molar-refractivity contribution is 0.529. The maximum Gasteiger partial charge on any atom is 0.340 e. The van der Waals surface area contributed by atoms with E-state index in [9.17, 15) is 4.79 Å². The number of nitrogens with zero attached hydrogens (tertiary/aromatic N) is 2. The Balaban J connectivity index is 1.46. The van der Waals surface area contributed by atoms with Crippen molar-refractivity contribution in [3.8, 4) is 0 Å². The number of rotatable bonds is 7. The van der Waals surface area contributed by atoms with Crippen LogP contribution in [0.3, 0.4) is 0 Å². The van der Waals surface area contributed by atoms with Gasteiger partial charge in [0.2, 0.25) is 0 Å². The van der Waals surface area contributed by atoms with E-state index in [1.807, 2.05) is 66.7 Å². The molecule has 0 spiro atoms.